The zero-order valence-electron chi connectivity index (χ0n) is 13.5. The van der Waals surface area contributed by atoms with Gasteiger partial charge in [0.15, 0.2) is 5.54 Å². The number of aliphatic carboxylic acids is 1. The van der Waals surface area contributed by atoms with Crippen LogP contribution in [0.15, 0.2) is 17.1 Å². The second-order valence-electron chi connectivity index (χ2n) is 7.32. The average Bonchev–Trinajstić information content (AvgIpc) is 2.87. The second kappa shape index (κ2) is 6.23. The van der Waals surface area contributed by atoms with E-state index in [-0.39, 0.29) is 11.9 Å². The predicted molar refractivity (Wildman–Crippen MR) is 83.9 cm³/mol. The first kappa shape index (κ1) is 16.7. The van der Waals surface area contributed by atoms with Crippen LogP contribution in [-0.2, 0) is 14.3 Å². The third-order valence-electron chi connectivity index (χ3n) is 4.31. The maximum Gasteiger partial charge on any atom is 0.338 e. The number of carboxylic acids is 1. The van der Waals surface area contributed by atoms with E-state index in [1.54, 1.807) is 12.3 Å². The zero-order chi connectivity index (χ0) is 16.4. The highest BCUT2D eigenvalue weighted by atomic mass is 16.6. The van der Waals surface area contributed by atoms with Crippen LogP contribution < -0.4 is 0 Å². The van der Waals surface area contributed by atoms with Gasteiger partial charge in [-0.2, -0.15) is 0 Å². The fourth-order valence-electron chi connectivity index (χ4n) is 3.17. The van der Waals surface area contributed by atoms with Crippen molar-refractivity contribution in [2.45, 2.75) is 64.0 Å². The molecule has 1 fully saturated rings. The molecular formula is C17H25NO4. The lowest BCUT2D eigenvalue weighted by Gasteiger charge is -2.33. The molecule has 0 saturated heterocycles. The molecule has 5 nitrogen and oxygen atoms in total. The van der Waals surface area contributed by atoms with Crippen LogP contribution in [0, 0.1) is 11.8 Å². The summed E-state index contributed by atoms with van der Waals surface area (Å²) >= 11 is 0. The molecule has 1 unspecified atom stereocenters. The van der Waals surface area contributed by atoms with Crippen LogP contribution in [0.25, 0.3) is 0 Å². The number of nitrogens with zero attached hydrogens (tertiary/aromatic N) is 1. The molecule has 1 saturated carbocycles. The number of hydrogen-bond acceptors (Lipinski definition) is 4. The molecule has 1 heterocycles. The lowest BCUT2D eigenvalue weighted by atomic mass is 9.76. The van der Waals surface area contributed by atoms with Crippen LogP contribution in [0.4, 0.5) is 0 Å². The first-order chi connectivity index (χ1) is 10.2. The first-order valence-electron chi connectivity index (χ1n) is 7.91. The summed E-state index contributed by atoms with van der Waals surface area (Å²) in [6.45, 7) is 5.54. The number of allylic oxidation sites excluding steroid dienone is 1. The summed E-state index contributed by atoms with van der Waals surface area (Å²) in [6, 6.07) is 0. The standard InChI is InChI=1S/C17H25NO4/c1-16(2,3)22-15(21)17(9-4-10-18-17)11-12-5-7-13(8-6-12)14(19)20/h4,9-10,12-13H,5-8,11H2,1-3H3,(H,19,20). The third-order valence-corrected chi connectivity index (χ3v) is 4.31. The normalized spacial score (nSPS) is 31.2. The van der Waals surface area contributed by atoms with E-state index in [1.165, 1.54) is 0 Å². The molecule has 122 valence electrons. The molecule has 0 spiro atoms. The molecule has 0 radical (unpaired) electrons. The average molecular weight is 307 g/mol. The second-order valence-corrected chi connectivity index (χ2v) is 7.32. The third kappa shape index (κ3) is 3.96. The fourth-order valence-corrected chi connectivity index (χ4v) is 3.17. The summed E-state index contributed by atoms with van der Waals surface area (Å²) in [5.74, 6) is -0.955. The number of rotatable bonds is 4. The molecule has 0 amide bonds. The minimum Gasteiger partial charge on any atom is -0.481 e. The Balaban J connectivity index is 2.01. The summed E-state index contributed by atoms with van der Waals surface area (Å²) < 4.78 is 5.53. The lowest BCUT2D eigenvalue weighted by Crippen LogP contribution is -2.41. The largest absolute Gasteiger partial charge is 0.481 e. The van der Waals surface area contributed by atoms with Gasteiger partial charge in [0.1, 0.15) is 5.60 Å². The molecule has 0 bridgehead atoms. The Bertz CT molecular complexity index is 481. The number of ether oxygens (including phenoxy) is 1. The molecule has 1 aliphatic carbocycles. The van der Waals surface area contributed by atoms with Gasteiger partial charge in [0.2, 0.25) is 0 Å². The quantitative estimate of drug-likeness (QED) is 0.810. The van der Waals surface area contributed by atoms with Crippen molar-refractivity contribution in [1.82, 2.24) is 0 Å². The molecule has 0 aromatic carbocycles. The van der Waals surface area contributed by atoms with Crippen molar-refractivity contribution >= 4 is 18.2 Å². The van der Waals surface area contributed by atoms with Gasteiger partial charge in [0.25, 0.3) is 0 Å². The Kier molecular flexibility index (Phi) is 4.73. The van der Waals surface area contributed by atoms with Crippen molar-refractivity contribution in [1.29, 1.82) is 0 Å². The molecule has 2 rings (SSSR count). The van der Waals surface area contributed by atoms with Gasteiger partial charge in [-0.15, -0.1) is 0 Å². The van der Waals surface area contributed by atoms with E-state index < -0.39 is 17.1 Å². The number of carboxylic acid groups (broad SMARTS) is 1. The van der Waals surface area contributed by atoms with Crippen molar-refractivity contribution in [3.8, 4) is 0 Å². The number of esters is 1. The van der Waals surface area contributed by atoms with Gasteiger partial charge in [0.05, 0.1) is 5.92 Å². The highest BCUT2D eigenvalue weighted by Gasteiger charge is 2.43. The van der Waals surface area contributed by atoms with Crippen molar-refractivity contribution in [3.63, 3.8) is 0 Å². The summed E-state index contributed by atoms with van der Waals surface area (Å²) in [5.41, 5.74) is -1.47. The van der Waals surface area contributed by atoms with Crippen LogP contribution in [0.5, 0.6) is 0 Å². The predicted octanol–water partition coefficient (Wildman–Crippen LogP) is 2.99. The molecule has 2 aliphatic rings. The topological polar surface area (TPSA) is 76.0 Å². The minimum atomic E-state index is -0.923. The lowest BCUT2D eigenvalue weighted by molar-refractivity contribution is -0.160. The number of hydrogen-bond donors (Lipinski definition) is 1. The first-order valence-corrected chi connectivity index (χ1v) is 7.91. The Hall–Kier alpha value is -1.65. The van der Waals surface area contributed by atoms with E-state index in [0.717, 1.165) is 12.8 Å². The molecule has 1 aliphatic heterocycles. The minimum absolute atomic E-state index is 0.239. The SMILES string of the molecule is CC(C)(C)OC(=O)C1(CC2CCC(C(=O)O)CC2)C=CC=N1. The maximum absolute atomic E-state index is 12.5. The molecule has 1 atom stereocenters. The van der Waals surface area contributed by atoms with Gasteiger partial charge in [0, 0.05) is 6.21 Å². The van der Waals surface area contributed by atoms with Crippen LogP contribution in [-0.4, -0.2) is 34.4 Å². The highest BCUT2D eigenvalue weighted by Crippen LogP contribution is 2.37. The smallest absolute Gasteiger partial charge is 0.338 e. The van der Waals surface area contributed by atoms with Gasteiger partial charge >= 0.3 is 11.9 Å². The highest BCUT2D eigenvalue weighted by molar-refractivity contribution is 5.91. The van der Waals surface area contributed by atoms with E-state index in [0.29, 0.717) is 25.2 Å². The van der Waals surface area contributed by atoms with E-state index >= 15 is 0 Å². The summed E-state index contributed by atoms with van der Waals surface area (Å²) in [5, 5.41) is 9.07. The monoisotopic (exact) mass is 307 g/mol. The van der Waals surface area contributed by atoms with Crippen molar-refractivity contribution in [3.05, 3.63) is 12.2 Å². The van der Waals surface area contributed by atoms with Crippen LogP contribution >= 0.6 is 0 Å². The Labute approximate surface area is 131 Å². The van der Waals surface area contributed by atoms with Gasteiger partial charge in [-0.05, 0) is 70.9 Å². The van der Waals surface area contributed by atoms with E-state index in [9.17, 15) is 9.59 Å². The van der Waals surface area contributed by atoms with Crippen molar-refractivity contribution < 1.29 is 19.4 Å². The van der Waals surface area contributed by atoms with Crippen LogP contribution in [0.1, 0.15) is 52.9 Å². The molecule has 5 heteroatoms. The summed E-state index contributed by atoms with van der Waals surface area (Å²) in [4.78, 5) is 27.9. The fraction of sp³-hybridized carbons (Fsp3) is 0.706. The Morgan fingerprint density at radius 3 is 2.36 bits per heavy atom. The Morgan fingerprint density at radius 1 is 1.27 bits per heavy atom. The molecule has 22 heavy (non-hydrogen) atoms. The summed E-state index contributed by atoms with van der Waals surface area (Å²) in [6.07, 6.45) is 8.84. The van der Waals surface area contributed by atoms with E-state index in [4.69, 9.17) is 9.84 Å². The van der Waals surface area contributed by atoms with E-state index in [1.807, 2.05) is 26.8 Å². The van der Waals surface area contributed by atoms with Crippen molar-refractivity contribution in [2.24, 2.45) is 16.8 Å². The maximum atomic E-state index is 12.5. The Morgan fingerprint density at radius 2 is 1.91 bits per heavy atom. The summed E-state index contributed by atoms with van der Waals surface area (Å²) in [7, 11) is 0. The van der Waals surface area contributed by atoms with Gasteiger partial charge in [-0.1, -0.05) is 0 Å². The molecule has 0 aromatic heterocycles. The number of carbonyl (C=O) groups is 2. The van der Waals surface area contributed by atoms with Gasteiger partial charge < -0.3 is 9.84 Å². The zero-order valence-corrected chi connectivity index (χ0v) is 13.5. The number of carbonyl (C=O) groups excluding carboxylic acids is 1. The van der Waals surface area contributed by atoms with Gasteiger partial charge in [-0.25, -0.2) is 4.79 Å². The van der Waals surface area contributed by atoms with Crippen LogP contribution in [0.2, 0.25) is 0 Å². The van der Waals surface area contributed by atoms with Crippen molar-refractivity contribution in [2.75, 3.05) is 0 Å². The number of aliphatic imine (C=N–C) groups is 1. The van der Waals surface area contributed by atoms with Gasteiger partial charge in [-0.3, -0.25) is 9.79 Å². The van der Waals surface area contributed by atoms with E-state index in [2.05, 4.69) is 4.99 Å². The van der Waals surface area contributed by atoms with Crippen LogP contribution in [0.3, 0.4) is 0 Å². The molecule has 0 aromatic rings. The molecular weight excluding hydrogens is 282 g/mol. The molecule has 1 N–H and O–H groups in total.